The maximum Gasteiger partial charge on any atom is 0.263 e. The number of aryl methyl sites for hydroxylation is 1. The maximum absolute atomic E-state index is 15.0. The van der Waals surface area contributed by atoms with Crippen molar-refractivity contribution in [2.75, 3.05) is 32.5 Å². The number of benzene rings is 1. The number of rotatable bonds is 5. The molecule has 0 radical (unpaired) electrons. The van der Waals surface area contributed by atoms with E-state index >= 15 is 4.39 Å². The summed E-state index contributed by atoms with van der Waals surface area (Å²) in [7, 11) is 2.19. The van der Waals surface area contributed by atoms with Crippen LogP contribution in [0.25, 0.3) is 11.3 Å². The minimum atomic E-state index is -1.32. The number of anilines is 1. The van der Waals surface area contributed by atoms with Gasteiger partial charge in [-0.1, -0.05) is 0 Å². The van der Waals surface area contributed by atoms with Gasteiger partial charge in [-0.3, -0.25) is 4.68 Å². The van der Waals surface area contributed by atoms with Crippen molar-refractivity contribution in [2.24, 2.45) is 0 Å². The van der Waals surface area contributed by atoms with Gasteiger partial charge in [-0.05, 0) is 55.6 Å². The highest BCUT2D eigenvalue weighted by molar-refractivity contribution is 5.66. The van der Waals surface area contributed by atoms with Gasteiger partial charge in [-0.15, -0.1) is 0 Å². The van der Waals surface area contributed by atoms with Crippen molar-refractivity contribution in [1.82, 2.24) is 24.6 Å². The van der Waals surface area contributed by atoms with Gasteiger partial charge in [-0.2, -0.15) is 5.10 Å². The largest absolute Gasteiger partial charge is 0.433 e. The Balaban J connectivity index is 1.25. The third-order valence-electron chi connectivity index (χ3n) is 7.54. The number of nitrogens with two attached hydrogens (primary N) is 1. The molecule has 0 unspecified atom stereocenters. The molecule has 3 aromatic rings. The second-order valence-electron chi connectivity index (χ2n) is 10.5. The van der Waals surface area contributed by atoms with Crippen molar-refractivity contribution >= 4 is 5.82 Å². The molecule has 9 heteroatoms. The number of fused-ring (bicyclic) bond motifs is 2. The predicted molar refractivity (Wildman–Crippen MR) is 130 cm³/mol. The number of aromatic nitrogens is 4. The summed E-state index contributed by atoms with van der Waals surface area (Å²) in [5.41, 5.74) is 11.0. The standard InChI is InChI=1S/C26H31FN6O2/c1-17-9-18(10-19-13-32(2)15-25(3-4-25)22(17)19)21-12-29-23(28)24(31-21)35-20-11-30-33(14-20)16-26(27)5-7-34-8-6-26/h9-12,14H,3-8,13,15-16H2,1-2H3,(H2,28,29). The van der Waals surface area contributed by atoms with E-state index in [-0.39, 0.29) is 18.2 Å². The number of alkyl halides is 1. The Hall–Kier alpha value is -3.04. The summed E-state index contributed by atoms with van der Waals surface area (Å²) < 4.78 is 27.8. The minimum absolute atomic E-state index is 0.158. The first-order valence-corrected chi connectivity index (χ1v) is 12.3. The lowest BCUT2D eigenvalue weighted by molar-refractivity contribution is -0.0194. The maximum atomic E-state index is 15.0. The van der Waals surface area contributed by atoms with Crippen LogP contribution in [0.1, 0.15) is 42.4 Å². The molecule has 35 heavy (non-hydrogen) atoms. The van der Waals surface area contributed by atoms with Crippen LogP contribution in [0.2, 0.25) is 0 Å². The van der Waals surface area contributed by atoms with E-state index in [1.165, 1.54) is 29.5 Å². The Morgan fingerprint density at radius 3 is 2.74 bits per heavy atom. The van der Waals surface area contributed by atoms with E-state index in [2.05, 4.69) is 46.1 Å². The quantitative estimate of drug-likeness (QED) is 0.592. The molecule has 2 fully saturated rings. The normalized spacial score (nSPS) is 20.5. The molecule has 2 aliphatic heterocycles. The topological polar surface area (TPSA) is 91.3 Å². The predicted octanol–water partition coefficient (Wildman–Crippen LogP) is 4.02. The van der Waals surface area contributed by atoms with E-state index in [4.69, 9.17) is 15.2 Å². The molecule has 1 aromatic carbocycles. The van der Waals surface area contributed by atoms with Crippen molar-refractivity contribution in [2.45, 2.75) is 56.8 Å². The van der Waals surface area contributed by atoms with Crippen LogP contribution in [-0.4, -0.2) is 57.1 Å². The number of likely N-dealkylation sites (N-methyl/N-ethyl adjacent to an activating group) is 1. The third kappa shape index (κ3) is 4.27. The molecule has 6 rings (SSSR count). The van der Waals surface area contributed by atoms with Gasteiger partial charge in [0, 0.05) is 50.1 Å². The fourth-order valence-electron chi connectivity index (χ4n) is 5.77. The smallest absolute Gasteiger partial charge is 0.263 e. The van der Waals surface area contributed by atoms with Crippen molar-refractivity contribution < 1.29 is 13.9 Å². The number of ether oxygens (including phenoxy) is 2. The molecule has 2 aromatic heterocycles. The van der Waals surface area contributed by atoms with E-state index in [0.29, 0.717) is 42.9 Å². The van der Waals surface area contributed by atoms with Crippen molar-refractivity contribution in [3.63, 3.8) is 0 Å². The lowest BCUT2D eigenvalue weighted by atomic mass is 9.82. The monoisotopic (exact) mass is 478 g/mol. The average Bonchev–Trinajstić information content (AvgIpc) is 3.42. The van der Waals surface area contributed by atoms with E-state index in [1.54, 1.807) is 23.3 Å². The Kier molecular flexibility index (Phi) is 5.30. The van der Waals surface area contributed by atoms with Crippen LogP contribution in [0.5, 0.6) is 11.6 Å². The highest BCUT2D eigenvalue weighted by atomic mass is 19.1. The van der Waals surface area contributed by atoms with Crippen LogP contribution < -0.4 is 10.5 Å². The van der Waals surface area contributed by atoms with Crippen LogP contribution in [0, 0.1) is 6.92 Å². The molecule has 4 heterocycles. The zero-order valence-electron chi connectivity index (χ0n) is 20.3. The molecule has 0 bridgehead atoms. The molecule has 3 aliphatic rings. The number of nitrogens with zero attached hydrogens (tertiary/aromatic N) is 5. The molecule has 1 spiro atoms. The summed E-state index contributed by atoms with van der Waals surface area (Å²) in [6.07, 6.45) is 8.14. The second-order valence-corrected chi connectivity index (χ2v) is 10.5. The number of hydrogen-bond donors (Lipinski definition) is 1. The second kappa shape index (κ2) is 8.27. The van der Waals surface area contributed by atoms with Crippen LogP contribution in [0.3, 0.4) is 0 Å². The highest BCUT2D eigenvalue weighted by Crippen LogP contribution is 2.53. The van der Waals surface area contributed by atoms with E-state index in [9.17, 15) is 0 Å². The average molecular weight is 479 g/mol. The summed E-state index contributed by atoms with van der Waals surface area (Å²) in [5.74, 6) is 0.853. The zero-order chi connectivity index (χ0) is 24.2. The van der Waals surface area contributed by atoms with Crippen molar-refractivity contribution in [3.05, 3.63) is 47.4 Å². The van der Waals surface area contributed by atoms with Crippen LogP contribution in [0.15, 0.2) is 30.7 Å². The van der Waals surface area contributed by atoms with Gasteiger partial charge in [-0.25, -0.2) is 14.4 Å². The summed E-state index contributed by atoms with van der Waals surface area (Å²) in [6, 6.07) is 4.43. The molecular weight excluding hydrogens is 447 g/mol. The number of hydrogen-bond acceptors (Lipinski definition) is 7. The first-order valence-electron chi connectivity index (χ1n) is 12.3. The Bertz CT molecular complexity index is 1260. The first-order chi connectivity index (χ1) is 16.8. The first kappa shape index (κ1) is 22.4. The lowest BCUT2D eigenvalue weighted by Crippen LogP contribution is -2.36. The van der Waals surface area contributed by atoms with Crippen LogP contribution >= 0.6 is 0 Å². The van der Waals surface area contributed by atoms with E-state index in [1.807, 2.05) is 0 Å². The fourth-order valence-corrected chi connectivity index (χ4v) is 5.77. The minimum Gasteiger partial charge on any atom is -0.433 e. The molecule has 0 atom stereocenters. The van der Waals surface area contributed by atoms with Gasteiger partial charge >= 0.3 is 0 Å². The van der Waals surface area contributed by atoms with Gasteiger partial charge in [0.1, 0.15) is 5.67 Å². The molecule has 8 nitrogen and oxygen atoms in total. The summed E-state index contributed by atoms with van der Waals surface area (Å²) >= 11 is 0. The molecule has 2 N–H and O–H groups in total. The molecule has 1 aliphatic carbocycles. The van der Waals surface area contributed by atoms with Gasteiger partial charge in [0.15, 0.2) is 11.6 Å². The van der Waals surface area contributed by atoms with Gasteiger partial charge in [0.2, 0.25) is 0 Å². The van der Waals surface area contributed by atoms with Gasteiger partial charge < -0.3 is 20.1 Å². The molecule has 1 saturated carbocycles. The molecule has 1 saturated heterocycles. The zero-order valence-corrected chi connectivity index (χ0v) is 20.3. The van der Waals surface area contributed by atoms with Crippen LogP contribution in [-0.2, 0) is 23.2 Å². The van der Waals surface area contributed by atoms with E-state index < -0.39 is 5.67 Å². The summed E-state index contributed by atoms with van der Waals surface area (Å²) in [5, 5.41) is 4.27. The summed E-state index contributed by atoms with van der Waals surface area (Å²) in [4.78, 5) is 11.4. The Morgan fingerprint density at radius 1 is 1.17 bits per heavy atom. The number of nitrogen functional groups attached to an aromatic ring is 1. The lowest BCUT2D eigenvalue weighted by Gasteiger charge is -2.34. The molecule has 0 amide bonds. The SMILES string of the molecule is Cc1cc(-c2cnc(N)c(Oc3cnn(CC4(F)CCOCC4)c3)n2)cc2c1C1(CC1)CN(C)C2. The molecular formula is C26H31FN6O2. The van der Waals surface area contributed by atoms with Crippen LogP contribution in [0.4, 0.5) is 10.2 Å². The van der Waals surface area contributed by atoms with Crippen molar-refractivity contribution in [1.29, 1.82) is 0 Å². The third-order valence-corrected chi connectivity index (χ3v) is 7.54. The Morgan fingerprint density at radius 2 is 1.97 bits per heavy atom. The molecule has 184 valence electrons. The van der Waals surface area contributed by atoms with Crippen molar-refractivity contribution in [3.8, 4) is 22.9 Å². The Labute approximate surface area is 204 Å². The highest BCUT2D eigenvalue weighted by Gasteiger charge is 2.49. The number of halogens is 1. The van der Waals surface area contributed by atoms with Gasteiger partial charge in [0.25, 0.3) is 5.88 Å². The van der Waals surface area contributed by atoms with Gasteiger partial charge in [0.05, 0.1) is 30.8 Å². The van der Waals surface area contributed by atoms with E-state index in [0.717, 1.165) is 18.7 Å². The summed E-state index contributed by atoms with van der Waals surface area (Å²) in [6.45, 7) is 5.27. The fraction of sp³-hybridized carbons (Fsp3) is 0.500.